The molecule has 0 saturated carbocycles. The van der Waals surface area contributed by atoms with E-state index in [2.05, 4.69) is 5.32 Å². The third-order valence-electron chi connectivity index (χ3n) is 4.02. The number of aliphatic hydroxyl groups excluding tert-OH is 1. The largest absolute Gasteiger partial charge is 0.508 e. The van der Waals surface area contributed by atoms with Crippen molar-refractivity contribution in [1.29, 1.82) is 0 Å². The SMILES string of the molecule is CC(C)C(CO)(CNC(=O)OC(C)(C)C)Cc1ccc(O)cc1. The Morgan fingerprint density at radius 2 is 1.78 bits per heavy atom. The van der Waals surface area contributed by atoms with Gasteiger partial charge in [0.15, 0.2) is 0 Å². The van der Waals surface area contributed by atoms with Crippen LogP contribution in [0.25, 0.3) is 0 Å². The lowest BCUT2D eigenvalue weighted by Crippen LogP contribution is -2.46. The fraction of sp³-hybridized carbons (Fsp3) is 0.611. The molecule has 1 aromatic rings. The van der Waals surface area contributed by atoms with Crippen molar-refractivity contribution in [3.8, 4) is 5.75 Å². The predicted molar refractivity (Wildman–Crippen MR) is 90.4 cm³/mol. The van der Waals surface area contributed by atoms with E-state index in [0.29, 0.717) is 13.0 Å². The van der Waals surface area contributed by atoms with Crippen LogP contribution in [0.5, 0.6) is 5.75 Å². The standard InChI is InChI=1S/C18H29NO4/c1-13(2)18(12-20,10-14-6-8-15(21)9-7-14)11-19-16(22)23-17(3,4)5/h6-9,13,20-21H,10-12H2,1-5H3,(H,19,22). The summed E-state index contributed by atoms with van der Waals surface area (Å²) in [5, 5.41) is 22.1. The first-order valence-electron chi connectivity index (χ1n) is 7.93. The Morgan fingerprint density at radius 1 is 1.22 bits per heavy atom. The number of hydrogen-bond donors (Lipinski definition) is 3. The summed E-state index contributed by atoms with van der Waals surface area (Å²) < 4.78 is 5.26. The molecule has 0 fully saturated rings. The Morgan fingerprint density at radius 3 is 2.22 bits per heavy atom. The third-order valence-corrected chi connectivity index (χ3v) is 4.02. The topological polar surface area (TPSA) is 78.8 Å². The molecule has 0 radical (unpaired) electrons. The van der Waals surface area contributed by atoms with Gasteiger partial charge >= 0.3 is 6.09 Å². The molecule has 0 spiro atoms. The highest BCUT2D eigenvalue weighted by molar-refractivity contribution is 5.67. The van der Waals surface area contributed by atoms with E-state index in [0.717, 1.165) is 5.56 Å². The van der Waals surface area contributed by atoms with Crippen LogP contribution in [0.2, 0.25) is 0 Å². The van der Waals surface area contributed by atoms with Crippen LogP contribution in [0.15, 0.2) is 24.3 Å². The smallest absolute Gasteiger partial charge is 0.407 e. The van der Waals surface area contributed by atoms with Crippen LogP contribution in [0.3, 0.4) is 0 Å². The summed E-state index contributed by atoms with van der Waals surface area (Å²) in [6.07, 6.45) is 0.110. The molecule has 1 amide bonds. The van der Waals surface area contributed by atoms with Crippen LogP contribution >= 0.6 is 0 Å². The number of amides is 1. The average Bonchev–Trinajstić information content (AvgIpc) is 2.43. The summed E-state index contributed by atoms with van der Waals surface area (Å²) >= 11 is 0. The second-order valence-electron chi connectivity index (χ2n) is 7.37. The summed E-state index contributed by atoms with van der Waals surface area (Å²) in [5.41, 5.74) is -0.0502. The van der Waals surface area contributed by atoms with Crippen LogP contribution in [0.1, 0.15) is 40.2 Å². The molecule has 1 atom stereocenters. The molecule has 1 rings (SSSR count). The number of aromatic hydroxyl groups is 1. The first-order valence-corrected chi connectivity index (χ1v) is 7.93. The highest BCUT2D eigenvalue weighted by atomic mass is 16.6. The van der Waals surface area contributed by atoms with E-state index in [-0.39, 0.29) is 18.3 Å². The summed E-state index contributed by atoms with van der Waals surface area (Å²) in [5.74, 6) is 0.357. The van der Waals surface area contributed by atoms with Gasteiger partial charge in [0.25, 0.3) is 0 Å². The number of hydrogen-bond acceptors (Lipinski definition) is 4. The van der Waals surface area contributed by atoms with E-state index < -0.39 is 17.1 Å². The molecule has 0 aliphatic carbocycles. The molecule has 1 aromatic carbocycles. The van der Waals surface area contributed by atoms with E-state index in [4.69, 9.17) is 4.74 Å². The normalized spacial score (nSPS) is 14.4. The number of aliphatic hydroxyl groups is 1. The number of phenolic OH excluding ortho intramolecular Hbond substituents is 1. The Kier molecular flexibility index (Phi) is 6.45. The van der Waals surface area contributed by atoms with Crippen molar-refractivity contribution in [3.63, 3.8) is 0 Å². The molecular formula is C18H29NO4. The van der Waals surface area contributed by atoms with Crippen LogP contribution in [0, 0.1) is 11.3 Å². The van der Waals surface area contributed by atoms with Gasteiger partial charge in [0.2, 0.25) is 0 Å². The number of nitrogens with one attached hydrogen (secondary N) is 1. The summed E-state index contributed by atoms with van der Waals surface area (Å²) in [6, 6.07) is 6.91. The van der Waals surface area contributed by atoms with Crippen molar-refractivity contribution < 1.29 is 19.7 Å². The number of carbonyl (C=O) groups is 1. The maximum Gasteiger partial charge on any atom is 0.407 e. The van der Waals surface area contributed by atoms with E-state index in [1.54, 1.807) is 12.1 Å². The number of phenols is 1. The van der Waals surface area contributed by atoms with E-state index in [9.17, 15) is 15.0 Å². The van der Waals surface area contributed by atoms with Crippen LogP contribution in [0.4, 0.5) is 4.79 Å². The van der Waals surface area contributed by atoms with Crippen molar-refractivity contribution in [3.05, 3.63) is 29.8 Å². The van der Waals surface area contributed by atoms with Crippen LogP contribution in [-0.2, 0) is 11.2 Å². The van der Waals surface area contributed by atoms with Crippen molar-refractivity contribution in [2.24, 2.45) is 11.3 Å². The molecule has 0 saturated heterocycles. The van der Waals surface area contributed by atoms with Gasteiger partial charge in [-0.25, -0.2) is 4.79 Å². The number of benzene rings is 1. The van der Waals surface area contributed by atoms with Crippen molar-refractivity contribution in [1.82, 2.24) is 5.32 Å². The van der Waals surface area contributed by atoms with Gasteiger partial charge in [0, 0.05) is 12.0 Å². The molecular weight excluding hydrogens is 294 g/mol. The first kappa shape index (κ1) is 19.3. The highest BCUT2D eigenvalue weighted by Crippen LogP contribution is 2.31. The van der Waals surface area contributed by atoms with Gasteiger partial charge in [-0.2, -0.15) is 0 Å². The summed E-state index contributed by atoms with van der Waals surface area (Å²) in [6.45, 7) is 9.74. The lowest BCUT2D eigenvalue weighted by atomic mass is 9.73. The zero-order valence-corrected chi connectivity index (χ0v) is 14.7. The van der Waals surface area contributed by atoms with E-state index in [1.807, 2.05) is 46.8 Å². The Balaban J connectivity index is 2.82. The lowest BCUT2D eigenvalue weighted by Gasteiger charge is -2.36. The monoisotopic (exact) mass is 323 g/mol. The molecule has 3 N–H and O–H groups in total. The molecule has 1 unspecified atom stereocenters. The molecule has 0 aromatic heterocycles. The van der Waals surface area contributed by atoms with Gasteiger partial charge in [0.1, 0.15) is 11.4 Å². The van der Waals surface area contributed by atoms with E-state index >= 15 is 0 Å². The fourth-order valence-electron chi connectivity index (χ4n) is 2.35. The average molecular weight is 323 g/mol. The second-order valence-corrected chi connectivity index (χ2v) is 7.37. The van der Waals surface area contributed by atoms with Gasteiger partial charge in [-0.1, -0.05) is 26.0 Å². The molecule has 130 valence electrons. The van der Waals surface area contributed by atoms with Gasteiger partial charge < -0.3 is 20.3 Å². The Hall–Kier alpha value is -1.75. The highest BCUT2D eigenvalue weighted by Gasteiger charge is 2.34. The predicted octanol–water partition coefficient (Wildman–Crippen LogP) is 3.09. The van der Waals surface area contributed by atoms with Gasteiger partial charge in [-0.05, 0) is 50.8 Å². The van der Waals surface area contributed by atoms with Crippen LogP contribution < -0.4 is 5.32 Å². The first-order chi connectivity index (χ1) is 10.6. The summed E-state index contributed by atoms with van der Waals surface area (Å²) in [4.78, 5) is 11.9. The van der Waals surface area contributed by atoms with Crippen molar-refractivity contribution >= 4 is 6.09 Å². The number of ether oxygens (including phenoxy) is 1. The third kappa shape index (κ3) is 6.10. The number of alkyl carbamates (subject to hydrolysis) is 1. The van der Waals surface area contributed by atoms with Gasteiger partial charge in [-0.15, -0.1) is 0 Å². The Labute approximate surface area is 138 Å². The van der Waals surface area contributed by atoms with Gasteiger partial charge in [0.05, 0.1) is 6.61 Å². The van der Waals surface area contributed by atoms with Crippen molar-refractivity contribution in [2.45, 2.75) is 46.6 Å². The zero-order valence-electron chi connectivity index (χ0n) is 14.7. The minimum atomic E-state index is -0.555. The van der Waals surface area contributed by atoms with E-state index in [1.165, 1.54) is 0 Å². The minimum absolute atomic E-state index is 0.0542. The van der Waals surface area contributed by atoms with Crippen molar-refractivity contribution in [2.75, 3.05) is 13.2 Å². The van der Waals surface area contributed by atoms with Gasteiger partial charge in [-0.3, -0.25) is 0 Å². The van der Waals surface area contributed by atoms with Crippen LogP contribution in [-0.4, -0.2) is 35.1 Å². The second kappa shape index (κ2) is 7.68. The lowest BCUT2D eigenvalue weighted by molar-refractivity contribution is 0.0394. The maximum atomic E-state index is 11.9. The number of rotatable bonds is 6. The summed E-state index contributed by atoms with van der Waals surface area (Å²) in [7, 11) is 0. The molecule has 5 heteroatoms. The molecule has 0 bridgehead atoms. The minimum Gasteiger partial charge on any atom is -0.508 e. The zero-order chi connectivity index (χ0) is 17.7. The molecule has 5 nitrogen and oxygen atoms in total. The quantitative estimate of drug-likeness (QED) is 0.751. The molecule has 0 aliphatic heterocycles. The maximum absolute atomic E-state index is 11.9. The molecule has 23 heavy (non-hydrogen) atoms. The Bertz CT molecular complexity index is 505. The molecule has 0 heterocycles. The number of carbonyl (C=O) groups excluding carboxylic acids is 1. The fourth-order valence-corrected chi connectivity index (χ4v) is 2.35. The molecule has 0 aliphatic rings.